The molecule has 0 spiro atoms. The fraction of sp³-hybridized carbons (Fsp3) is 0.333. The smallest absolute Gasteiger partial charge is 0.244 e. The topological polar surface area (TPSA) is 110 Å². The van der Waals surface area contributed by atoms with Gasteiger partial charge in [0, 0.05) is 6.54 Å². The lowest BCUT2D eigenvalue weighted by Gasteiger charge is -2.30. The monoisotopic (exact) mass is 297 g/mol. The highest BCUT2D eigenvalue weighted by Gasteiger charge is 2.38. The Morgan fingerprint density at radius 2 is 2.10 bits per heavy atom. The van der Waals surface area contributed by atoms with Gasteiger partial charge in [0.1, 0.15) is 6.04 Å². The fourth-order valence-electron chi connectivity index (χ4n) is 1.95. The van der Waals surface area contributed by atoms with Crippen LogP contribution < -0.4 is 11.1 Å². The van der Waals surface area contributed by atoms with Crippen molar-refractivity contribution in [3.63, 3.8) is 0 Å². The van der Waals surface area contributed by atoms with Gasteiger partial charge in [-0.05, 0) is 24.6 Å². The Morgan fingerprint density at radius 3 is 2.75 bits per heavy atom. The molecular weight excluding hydrogens is 282 g/mol. The van der Waals surface area contributed by atoms with Crippen LogP contribution in [0.2, 0.25) is 0 Å². The summed E-state index contributed by atoms with van der Waals surface area (Å²) in [5.41, 5.74) is 6.14. The van der Waals surface area contributed by atoms with Crippen LogP contribution in [0.3, 0.4) is 0 Å². The third-order valence-electron chi connectivity index (χ3n) is 3.11. The van der Waals surface area contributed by atoms with Gasteiger partial charge in [-0.15, -0.1) is 0 Å². The molecule has 0 aliphatic carbocycles. The lowest BCUT2D eigenvalue weighted by atomic mass is 10.2. The number of carbonyl (C=O) groups excluding carboxylic acids is 2. The summed E-state index contributed by atoms with van der Waals surface area (Å²) in [5, 5.41) is 2.10. The minimum atomic E-state index is -3.91. The third kappa shape index (κ3) is 2.58. The number of nitrogens with zero attached hydrogens (tertiary/aromatic N) is 1. The van der Waals surface area contributed by atoms with Crippen molar-refractivity contribution in [1.29, 1.82) is 0 Å². The number of sulfonamides is 1. The van der Waals surface area contributed by atoms with E-state index in [1.54, 1.807) is 12.1 Å². The van der Waals surface area contributed by atoms with Crippen LogP contribution in [-0.4, -0.2) is 37.1 Å². The zero-order chi connectivity index (χ0) is 14.9. The van der Waals surface area contributed by atoms with Crippen molar-refractivity contribution in [3.8, 4) is 0 Å². The van der Waals surface area contributed by atoms with Gasteiger partial charge in [-0.1, -0.05) is 12.1 Å². The zero-order valence-electron chi connectivity index (χ0n) is 10.9. The third-order valence-corrected chi connectivity index (χ3v) is 5.03. The Morgan fingerprint density at radius 1 is 1.40 bits per heavy atom. The SMILES string of the molecule is CC1C(=O)NC(=O)CN1S(=O)(=O)c1cccc(CN)c1. The van der Waals surface area contributed by atoms with Crippen LogP contribution >= 0.6 is 0 Å². The molecule has 2 rings (SSSR count). The molecule has 1 atom stereocenters. The number of hydrogen-bond donors (Lipinski definition) is 2. The predicted molar refractivity (Wildman–Crippen MR) is 70.8 cm³/mol. The molecule has 1 aromatic carbocycles. The second-order valence-electron chi connectivity index (χ2n) is 4.49. The number of carbonyl (C=O) groups is 2. The van der Waals surface area contributed by atoms with E-state index < -0.39 is 27.9 Å². The summed E-state index contributed by atoms with van der Waals surface area (Å²) >= 11 is 0. The second kappa shape index (κ2) is 5.31. The van der Waals surface area contributed by atoms with Crippen molar-refractivity contribution < 1.29 is 18.0 Å². The summed E-state index contributed by atoms with van der Waals surface area (Å²) in [6.07, 6.45) is 0. The Bertz CT molecular complexity index is 656. The van der Waals surface area contributed by atoms with Crippen molar-refractivity contribution in [2.45, 2.75) is 24.4 Å². The summed E-state index contributed by atoms with van der Waals surface area (Å²) in [5.74, 6) is -1.26. The molecule has 1 aliphatic rings. The summed E-state index contributed by atoms with van der Waals surface area (Å²) in [6.45, 7) is 1.27. The van der Waals surface area contributed by atoms with Gasteiger partial charge in [0.05, 0.1) is 11.4 Å². The van der Waals surface area contributed by atoms with Gasteiger partial charge < -0.3 is 5.73 Å². The molecular formula is C12H15N3O4S. The van der Waals surface area contributed by atoms with E-state index in [1.165, 1.54) is 19.1 Å². The van der Waals surface area contributed by atoms with E-state index >= 15 is 0 Å². The summed E-state index contributed by atoms with van der Waals surface area (Å²) in [4.78, 5) is 23.0. The van der Waals surface area contributed by atoms with E-state index in [0.717, 1.165) is 4.31 Å². The molecule has 7 nitrogen and oxygen atoms in total. The maximum Gasteiger partial charge on any atom is 0.244 e. The summed E-state index contributed by atoms with van der Waals surface area (Å²) in [6, 6.07) is 5.21. The van der Waals surface area contributed by atoms with E-state index in [-0.39, 0.29) is 18.0 Å². The lowest BCUT2D eigenvalue weighted by molar-refractivity contribution is -0.136. The minimum absolute atomic E-state index is 0.0230. The van der Waals surface area contributed by atoms with Gasteiger partial charge in [0.15, 0.2) is 0 Å². The fourth-order valence-corrected chi connectivity index (χ4v) is 3.57. The number of hydrogen-bond acceptors (Lipinski definition) is 5. The van der Waals surface area contributed by atoms with E-state index in [9.17, 15) is 18.0 Å². The summed E-state index contributed by atoms with van der Waals surface area (Å²) in [7, 11) is -3.91. The van der Waals surface area contributed by atoms with Crippen molar-refractivity contribution >= 4 is 21.8 Å². The predicted octanol–water partition coefficient (Wildman–Crippen LogP) is -0.819. The molecule has 8 heteroatoms. The maximum absolute atomic E-state index is 12.5. The van der Waals surface area contributed by atoms with Gasteiger partial charge in [0.25, 0.3) is 0 Å². The molecule has 20 heavy (non-hydrogen) atoms. The quantitative estimate of drug-likeness (QED) is 0.708. The normalized spacial score (nSPS) is 20.8. The van der Waals surface area contributed by atoms with Crippen LogP contribution in [-0.2, 0) is 26.2 Å². The van der Waals surface area contributed by atoms with Crippen LogP contribution in [0, 0.1) is 0 Å². The lowest BCUT2D eigenvalue weighted by Crippen LogP contribution is -2.58. The first-order valence-corrected chi connectivity index (χ1v) is 7.45. The van der Waals surface area contributed by atoms with E-state index in [4.69, 9.17) is 5.73 Å². The molecule has 0 saturated carbocycles. The van der Waals surface area contributed by atoms with Crippen LogP contribution in [0.5, 0.6) is 0 Å². The van der Waals surface area contributed by atoms with Crippen LogP contribution in [0.15, 0.2) is 29.2 Å². The molecule has 1 unspecified atom stereocenters. The number of benzene rings is 1. The van der Waals surface area contributed by atoms with Gasteiger partial charge in [-0.25, -0.2) is 8.42 Å². The molecule has 0 bridgehead atoms. The van der Waals surface area contributed by atoms with Gasteiger partial charge in [0.2, 0.25) is 21.8 Å². The molecule has 0 radical (unpaired) electrons. The maximum atomic E-state index is 12.5. The Balaban J connectivity index is 2.43. The number of imide groups is 1. The van der Waals surface area contributed by atoms with Gasteiger partial charge in [-0.2, -0.15) is 4.31 Å². The molecule has 1 saturated heterocycles. The number of nitrogens with two attached hydrogens (primary N) is 1. The highest BCUT2D eigenvalue weighted by Crippen LogP contribution is 2.20. The highest BCUT2D eigenvalue weighted by molar-refractivity contribution is 7.89. The number of nitrogens with one attached hydrogen (secondary N) is 1. The highest BCUT2D eigenvalue weighted by atomic mass is 32.2. The zero-order valence-corrected chi connectivity index (χ0v) is 11.7. The first kappa shape index (κ1) is 14.6. The van der Waals surface area contributed by atoms with E-state index in [2.05, 4.69) is 5.32 Å². The molecule has 1 fully saturated rings. The van der Waals surface area contributed by atoms with Crippen molar-refractivity contribution in [1.82, 2.24) is 9.62 Å². The van der Waals surface area contributed by atoms with Crippen LogP contribution in [0.1, 0.15) is 12.5 Å². The molecule has 3 N–H and O–H groups in total. The first-order chi connectivity index (χ1) is 9.36. The number of rotatable bonds is 3. The Labute approximate surface area is 116 Å². The van der Waals surface area contributed by atoms with Crippen molar-refractivity contribution in [2.75, 3.05) is 6.54 Å². The molecule has 1 aromatic rings. The van der Waals surface area contributed by atoms with Gasteiger partial charge in [-0.3, -0.25) is 14.9 Å². The average Bonchev–Trinajstić information content (AvgIpc) is 2.42. The van der Waals surface area contributed by atoms with Crippen LogP contribution in [0.4, 0.5) is 0 Å². The number of amides is 2. The minimum Gasteiger partial charge on any atom is -0.326 e. The molecule has 0 aromatic heterocycles. The standard InChI is InChI=1S/C12H15N3O4S/c1-8-12(17)14-11(16)7-15(8)20(18,19)10-4-2-3-9(5-10)6-13/h2-5,8H,6-7,13H2,1H3,(H,14,16,17). The van der Waals surface area contributed by atoms with Crippen molar-refractivity contribution in [3.05, 3.63) is 29.8 Å². The van der Waals surface area contributed by atoms with E-state index in [0.29, 0.717) is 5.56 Å². The largest absolute Gasteiger partial charge is 0.326 e. The molecule has 1 heterocycles. The Kier molecular flexibility index (Phi) is 3.89. The molecule has 1 aliphatic heterocycles. The summed E-state index contributed by atoms with van der Waals surface area (Å²) < 4.78 is 25.9. The van der Waals surface area contributed by atoms with E-state index in [1.807, 2.05) is 0 Å². The molecule has 108 valence electrons. The van der Waals surface area contributed by atoms with Crippen LogP contribution in [0.25, 0.3) is 0 Å². The molecule has 2 amide bonds. The average molecular weight is 297 g/mol. The Hall–Kier alpha value is -1.77. The first-order valence-electron chi connectivity index (χ1n) is 6.01. The second-order valence-corrected chi connectivity index (χ2v) is 6.38. The van der Waals surface area contributed by atoms with Gasteiger partial charge >= 0.3 is 0 Å². The number of piperazine rings is 1. The van der Waals surface area contributed by atoms with Crippen molar-refractivity contribution in [2.24, 2.45) is 5.73 Å².